The highest BCUT2D eigenvalue weighted by molar-refractivity contribution is 7.92. The van der Waals surface area contributed by atoms with Crippen molar-refractivity contribution in [1.82, 2.24) is 10.2 Å². The highest BCUT2D eigenvalue weighted by Crippen LogP contribution is 2.23. The molecule has 0 spiro atoms. The van der Waals surface area contributed by atoms with E-state index < -0.39 is 28.5 Å². The molecule has 0 saturated heterocycles. The monoisotopic (exact) mass is 521 g/mol. The van der Waals surface area contributed by atoms with Crippen LogP contribution in [0.2, 0.25) is 5.02 Å². The SMILES string of the molecule is CCCCNC(=O)C(C)N(Cc1ccc(Cl)cc1)C(=O)CN(c1ccc(C(C)C)cc1)S(C)(=O)=O. The summed E-state index contributed by atoms with van der Waals surface area (Å²) in [5, 5.41) is 3.42. The molecule has 0 radical (unpaired) electrons. The lowest BCUT2D eigenvalue weighted by molar-refractivity contribution is -0.139. The van der Waals surface area contributed by atoms with E-state index in [0.29, 0.717) is 23.2 Å². The summed E-state index contributed by atoms with van der Waals surface area (Å²) in [5.41, 5.74) is 2.25. The lowest BCUT2D eigenvalue weighted by Crippen LogP contribution is -2.51. The molecular formula is C26H36ClN3O4S. The zero-order chi connectivity index (χ0) is 26.2. The smallest absolute Gasteiger partial charge is 0.244 e. The summed E-state index contributed by atoms with van der Waals surface area (Å²) >= 11 is 5.99. The standard InChI is InChI=1S/C26H36ClN3O4S/c1-6-7-16-28-26(32)20(4)29(17-21-8-12-23(27)13-9-21)25(31)18-30(35(5,33)34)24-14-10-22(11-15-24)19(2)3/h8-15,19-20H,6-7,16-18H2,1-5H3,(H,28,32). The molecule has 2 aromatic rings. The molecular weight excluding hydrogens is 486 g/mol. The Balaban J connectivity index is 2.34. The first-order chi connectivity index (χ1) is 16.4. The number of anilines is 1. The number of sulfonamides is 1. The lowest BCUT2D eigenvalue weighted by atomic mass is 10.0. The third kappa shape index (κ3) is 8.54. The van der Waals surface area contributed by atoms with Crippen LogP contribution in [0.1, 0.15) is 57.6 Å². The molecule has 0 bridgehead atoms. The second-order valence-corrected chi connectivity index (χ2v) is 11.3. The summed E-state index contributed by atoms with van der Waals surface area (Å²) in [6.45, 7) is 8.02. The molecule has 1 N–H and O–H groups in total. The fourth-order valence-electron chi connectivity index (χ4n) is 3.54. The minimum atomic E-state index is -3.75. The molecule has 1 atom stereocenters. The Kier molecular flexibility index (Phi) is 10.6. The molecule has 0 saturated carbocycles. The second kappa shape index (κ2) is 12.9. The molecule has 192 valence electrons. The number of halogens is 1. The van der Waals surface area contributed by atoms with Crippen molar-refractivity contribution in [3.63, 3.8) is 0 Å². The summed E-state index contributed by atoms with van der Waals surface area (Å²) in [6.07, 6.45) is 2.83. The minimum Gasteiger partial charge on any atom is -0.354 e. The Hall–Kier alpha value is -2.58. The number of unbranched alkanes of at least 4 members (excludes halogenated alkanes) is 1. The van der Waals surface area contributed by atoms with Crippen LogP contribution in [0.3, 0.4) is 0 Å². The van der Waals surface area contributed by atoms with E-state index in [1.54, 1.807) is 43.3 Å². The van der Waals surface area contributed by atoms with E-state index in [0.717, 1.165) is 34.5 Å². The first-order valence-corrected chi connectivity index (χ1v) is 14.1. The van der Waals surface area contributed by atoms with Crippen molar-refractivity contribution in [2.45, 2.75) is 59.0 Å². The first kappa shape index (κ1) is 28.7. The molecule has 2 amide bonds. The topological polar surface area (TPSA) is 86.8 Å². The van der Waals surface area contributed by atoms with Crippen molar-refractivity contribution in [2.24, 2.45) is 0 Å². The van der Waals surface area contributed by atoms with Crippen LogP contribution in [0.5, 0.6) is 0 Å². The van der Waals surface area contributed by atoms with Crippen molar-refractivity contribution >= 4 is 39.1 Å². The van der Waals surface area contributed by atoms with E-state index in [1.165, 1.54) is 4.90 Å². The van der Waals surface area contributed by atoms with Gasteiger partial charge in [-0.1, -0.05) is 63.1 Å². The van der Waals surface area contributed by atoms with E-state index >= 15 is 0 Å². The number of hydrogen-bond acceptors (Lipinski definition) is 4. The summed E-state index contributed by atoms with van der Waals surface area (Å²) in [7, 11) is -3.75. The van der Waals surface area contributed by atoms with Crippen LogP contribution in [-0.4, -0.2) is 50.5 Å². The van der Waals surface area contributed by atoms with E-state index in [-0.39, 0.29) is 12.5 Å². The zero-order valence-corrected chi connectivity index (χ0v) is 22.7. The predicted molar refractivity (Wildman–Crippen MR) is 142 cm³/mol. The Morgan fingerprint density at radius 1 is 1.00 bits per heavy atom. The average molecular weight is 522 g/mol. The number of carbonyl (C=O) groups excluding carboxylic acids is 2. The number of carbonyl (C=O) groups is 2. The van der Waals surface area contributed by atoms with Crippen molar-refractivity contribution in [1.29, 1.82) is 0 Å². The van der Waals surface area contributed by atoms with Crippen LogP contribution >= 0.6 is 11.6 Å². The van der Waals surface area contributed by atoms with Gasteiger partial charge in [-0.05, 0) is 54.7 Å². The predicted octanol–water partition coefficient (Wildman–Crippen LogP) is 4.56. The van der Waals surface area contributed by atoms with Crippen LogP contribution in [0, 0.1) is 0 Å². The highest BCUT2D eigenvalue weighted by Gasteiger charge is 2.30. The third-order valence-electron chi connectivity index (χ3n) is 5.79. The summed E-state index contributed by atoms with van der Waals surface area (Å²) in [4.78, 5) is 27.7. The molecule has 0 aromatic heterocycles. The third-order valence-corrected chi connectivity index (χ3v) is 7.18. The number of hydrogen-bond donors (Lipinski definition) is 1. The van der Waals surface area contributed by atoms with E-state index in [1.807, 2.05) is 19.1 Å². The molecule has 7 nitrogen and oxygen atoms in total. The summed E-state index contributed by atoms with van der Waals surface area (Å²) in [5.74, 6) is -0.469. The molecule has 0 aliphatic carbocycles. The molecule has 0 heterocycles. The Labute approximate surface area is 214 Å². The van der Waals surface area contributed by atoms with Gasteiger partial charge in [0.1, 0.15) is 12.6 Å². The maximum absolute atomic E-state index is 13.5. The van der Waals surface area contributed by atoms with Crippen LogP contribution < -0.4 is 9.62 Å². The van der Waals surface area contributed by atoms with Gasteiger partial charge in [0.2, 0.25) is 21.8 Å². The number of nitrogens with one attached hydrogen (secondary N) is 1. The number of benzene rings is 2. The molecule has 0 aliphatic heterocycles. The molecule has 2 rings (SSSR count). The van der Waals surface area contributed by atoms with Gasteiger partial charge in [-0.3, -0.25) is 13.9 Å². The normalized spacial score (nSPS) is 12.3. The van der Waals surface area contributed by atoms with Gasteiger partial charge in [0, 0.05) is 18.1 Å². The highest BCUT2D eigenvalue weighted by atomic mass is 35.5. The van der Waals surface area contributed by atoms with Crippen molar-refractivity contribution in [3.05, 3.63) is 64.7 Å². The first-order valence-electron chi connectivity index (χ1n) is 11.8. The van der Waals surface area contributed by atoms with Crippen LogP contribution in [0.25, 0.3) is 0 Å². The average Bonchev–Trinajstić information content (AvgIpc) is 2.81. The number of rotatable bonds is 12. The van der Waals surface area contributed by atoms with Gasteiger partial charge < -0.3 is 10.2 Å². The van der Waals surface area contributed by atoms with E-state index in [2.05, 4.69) is 19.2 Å². The molecule has 2 aromatic carbocycles. The van der Waals surface area contributed by atoms with E-state index in [9.17, 15) is 18.0 Å². The Morgan fingerprint density at radius 2 is 1.60 bits per heavy atom. The van der Waals surface area contributed by atoms with Gasteiger partial charge in [-0.15, -0.1) is 0 Å². The summed E-state index contributed by atoms with van der Waals surface area (Å²) in [6, 6.07) is 13.3. The summed E-state index contributed by atoms with van der Waals surface area (Å²) < 4.78 is 26.4. The molecule has 0 fully saturated rings. The van der Waals surface area contributed by atoms with Gasteiger partial charge >= 0.3 is 0 Å². The van der Waals surface area contributed by atoms with Gasteiger partial charge in [0.05, 0.1) is 11.9 Å². The zero-order valence-electron chi connectivity index (χ0n) is 21.1. The van der Waals surface area contributed by atoms with Gasteiger partial charge in [0.15, 0.2) is 0 Å². The molecule has 9 heteroatoms. The van der Waals surface area contributed by atoms with Crippen molar-refractivity contribution < 1.29 is 18.0 Å². The van der Waals surface area contributed by atoms with E-state index in [4.69, 9.17) is 11.6 Å². The second-order valence-electron chi connectivity index (χ2n) is 8.98. The van der Waals surface area contributed by atoms with Gasteiger partial charge in [0.25, 0.3) is 0 Å². The molecule has 0 aliphatic rings. The number of amides is 2. The van der Waals surface area contributed by atoms with Crippen molar-refractivity contribution in [2.75, 3.05) is 23.7 Å². The number of nitrogens with zero attached hydrogens (tertiary/aromatic N) is 2. The lowest BCUT2D eigenvalue weighted by Gasteiger charge is -2.31. The Bertz CT molecular complexity index is 1090. The van der Waals surface area contributed by atoms with Crippen molar-refractivity contribution in [3.8, 4) is 0 Å². The fourth-order valence-corrected chi connectivity index (χ4v) is 4.52. The molecule has 1 unspecified atom stereocenters. The minimum absolute atomic E-state index is 0.141. The largest absolute Gasteiger partial charge is 0.354 e. The fraction of sp³-hybridized carbons (Fsp3) is 0.462. The van der Waals surface area contributed by atoms with Crippen LogP contribution in [-0.2, 0) is 26.2 Å². The quantitative estimate of drug-likeness (QED) is 0.415. The van der Waals surface area contributed by atoms with Gasteiger partial charge in [-0.2, -0.15) is 0 Å². The molecule has 35 heavy (non-hydrogen) atoms. The van der Waals surface area contributed by atoms with Crippen LogP contribution in [0.4, 0.5) is 5.69 Å². The maximum atomic E-state index is 13.5. The maximum Gasteiger partial charge on any atom is 0.244 e. The Morgan fingerprint density at radius 3 is 2.11 bits per heavy atom. The van der Waals surface area contributed by atoms with Crippen LogP contribution in [0.15, 0.2) is 48.5 Å². The van der Waals surface area contributed by atoms with Gasteiger partial charge in [-0.25, -0.2) is 8.42 Å².